The normalized spacial score (nSPS) is 19.6. The van der Waals surface area contributed by atoms with Crippen molar-refractivity contribution in [2.45, 2.75) is 43.7 Å². The van der Waals surface area contributed by atoms with Gasteiger partial charge in [0.05, 0.1) is 6.04 Å². The van der Waals surface area contributed by atoms with E-state index in [1.54, 1.807) is 0 Å². The first kappa shape index (κ1) is 15.7. The maximum atomic E-state index is 12.1. The molecular weight excluding hydrogens is 292 g/mol. The van der Waals surface area contributed by atoms with Gasteiger partial charge in [-0.25, -0.2) is 0 Å². The number of nitrogens with one attached hydrogen (secondary N) is 1. The molecule has 0 saturated carbocycles. The summed E-state index contributed by atoms with van der Waals surface area (Å²) in [6, 6.07) is 5.84. The zero-order valence-corrected chi connectivity index (χ0v) is 13.4. The summed E-state index contributed by atoms with van der Waals surface area (Å²) in [5, 5.41) is 3.81. The third-order valence-electron chi connectivity index (χ3n) is 3.62. The number of hydrogen-bond acceptors (Lipinski definition) is 3. The summed E-state index contributed by atoms with van der Waals surface area (Å²) in [6.45, 7) is 4.06. The predicted octanol–water partition coefficient (Wildman–Crippen LogP) is 3.37. The summed E-state index contributed by atoms with van der Waals surface area (Å²) in [5.74, 6) is 1.34. The van der Waals surface area contributed by atoms with Crippen LogP contribution in [0.15, 0.2) is 23.1 Å². The monoisotopic (exact) mass is 312 g/mol. The Morgan fingerprint density at radius 3 is 3.00 bits per heavy atom. The van der Waals surface area contributed by atoms with Crippen LogP contribution in [0.3, 0.4) is 0 Å². The minimum Gasteiger partial charge on any atom is -0.349 e. The Kier molecular flexibility index (Phi) is 5.35. The molecule has 0 bridgehead atoms. The third kappa shape index (κ3) is 3.90. The van der Waals surface area contributed by atoms with Gasteiger partial charge in [0.25, 0.3) is 0 Å². The van der Waals surface area contributed by atoms with E-state index in [-0.39, 0.29) is 18.0 Å². The maximum Gasteiger partial charge on any atom is 0.222 e. The van der Waals surface area contributed by atoms with Crippen LogP contribution in [-0.4, -0.2) is 17.7 Å². The Morgan fingerprint density at radius 1 is 1.55 bits per heavy atom. The van der Waals surface area contributed by atoms with Gasteiger partial charge in [-0.3, -0.25) is 4.79 Å². The summed E-state index contributed by atoms with van der Waals surface area (Å²) in [5.41, 5.74) is 7.08. The molecule has 0 fully saturated rings. The summed E-state index contributed by atoms with van der Waals surface area (Å²) in [7, 11) is 0. The van der Waals surface area contributed by atoms with Crippen molar-refractivity contribution in [3.05, 3.63) is 28.8 Å². The van der Waals surface area contributed by atoms with Crippen LogP contribution in [0, 0.1) is 5.92 Å². The van der Waals surface area contributed by atoms with Crippen LogP contribution >= 0.6 is 23.4 Å². The molecule has 1 amide bonds. The van der Waals surface area contributed by atoms with Crippen molar-refractivity contribution in [1.29, 1.82) is 0 Å². The van der Waals surface area contributed by atoms with E-state index in [4.69, 9.17) is 17.3 Å². The molecule has 2 atom stereocenters. The van der Waals surface area contributed by atoms with E-state index in [9.17, 15) is 4.79 Å². The van der Waals surface area contributed by atoms with Crippen LogP contribution < -0.4 is 11.1 Å². The van der Waals surface area contributed by atoms with E-state index < -0.39 is 0 Å². The van der Waals surface area contributed by atoms with Gasteiger partial charge in [-0.05, 0) is 36.1 Å². The Hall–Kier alpha value is -0.710. The minimum atomic E-state index is -0.0909. The second-order valence-corrected chi connectivity index (χ2v) is 7.12. The quantitative estimate of drug-likeness (QED) is 0.896. The van der Waals surface area contributed by atoms with Crippen molar-refractivity contribution >= 4 is 29.3 Å². The second-order valence-electron chi connectivity index (χ2n) is 5.55. The Balaban J connectivity index is 2.04. The fourth-order valence-corrected chi connectivity index (χ4v) is 3.50. The number of hydrogen-bond donors (Lipinski definition) is 2. The van der Waals surface area contributed by atoms with E-state index in [2.05, 4.69) is 5.32 Å². The van der Waals surface area contributed by atoms with Crippen molar-refractivity contribution in [1.82, 2.24) is 5.32 Å². The van der Waals surface area contributed by atoms with Crippen LogP contribution in [0.1, 0.15) is 38.3 Å². The van der Waals surface area contributed by atoms with Crippen molar-refractivity contribution in [2.75, 3.05) is 5.75 Å². The Bertz CT molecular complexity index is 493. The number of fused-ring (bicyclic) bond motifs is 1. The van der Waals surface area contributed by atoms with Gasteiger partial charge in [-0.15, -0.1) is 11.8 Å². The lowest BCUT2D eigenvalue weighted by Crippen LogP contribution is -2.37. The van der Waals surface area contributed by atoms with Crippen molar-refractivity contribution in [3.8, 4) is 0 Å². The van der Waals surface area contributed by atoms with Crippen LogP contribution in [0.2, 0.25) is 5.02 Å². The lowest BCUT2D eigenvalue weighted by Gasteiger charge is -2.27. The van der Waals surface area contributed by atoms with Gasteiger partial charge in [0.15, 0.2) is 0 Å². The largest absolute Gasteiger partial charge is 0.349 e. The fourth-order valence-electron chi connectivity index (χ4n) is 2.22. The molecule has 0 aliphatic carbocycles. The van der Waals surface area contributed by atoms with Crippen LogP contribution in [0.25, 0.3) is 0 Å². The van der Waals surface area contributed by atoms with E-state index in [0.29, 0.717) is 17.4 Å². The highest BCUT2D eigenvalue weighted by Gasteiger charge is 2.23. The minimum absolute atomic E-state index is 0.0222. The van der Waals surface area contributed by atoms with E-state index in [1.807, 2.05) is 43.8 Å². The molecule has 0 spiro atoms. The van der Waals surface area contributed by atoms with Gasteiger partial charge < -0.3 is 11.1 Å². The number of thioether (sulfide) groups is 1. The molecule has 2 rings (SSSR count). The zero-order chi connectivity index (χ0) is 14.7. The first-order valence-corrected chi connectivity index (χ1v) is 8.31. The standard InChI is InChI=1S/C15H21ClN2OS/c1-9(2)12(17)8-15(19)18-13-5-6-20-14-4-3-10(16)7-11(13)14/h3-4,7,9,12-13H,5-6,8,17H2,1-2H3,(H,18,19). The molecule has 110 valence electrons. The number of nitrogens with two attached hydrogens (primary N) is 1. The summed E-state index contributed by atoms with van der Waals surface area (Å²) >= 11 is 7.87. The van der Waals surface area contributed by atoms with E-state index in [0.717, 1.165) is 17.7 Å². The highest BCUT2D eigenvalue weighted by atomic mass is 35.5. The van der Waals surface area contributed by atoms with E-state index >= 15 is 0 Å². The van der Waals surface area contributed by atoms with Gasteiger partial charge >= 0.3 is 0 Å². The van der Waals surface area contributed by atoms with Gasteiger partial charge in [-0.2, -0.15) is 0 Å². The zero-order valence-electron chi connectivity index (χ0n) is 11.9. The lowest BCUT2D eigenvalue weighted by molar-refractivity contribution is -0.122. The molecule has 1 heterocycles. The third-order valence-corrected chi connectivity index (χ3v) is 4.98. The molecule has 5 heteroatoms. The van der Waals surface area contributed by atoms with Gasteiger partial charge in [-0.1, -0.05) is 25.4 Å². The van der Waals surface area contributed by atoms with Crippen molar-refractivity contribution < 1.29 is 4.79 Å². The topological polar surface area (TPSA) is 55.1 Å². The molecule has 3 nitrogen and oxygen atoms in total. The fraction of sp³-hybridized carbons (Fsp3) is 0.533. The number of amides is 1. The molecule has 3 N–H and O–H groups in total. The molecule has 1 aliphatic rings. The summed E-state index contributed by atoms with van der Waals surface area (Å²) < 4.78 is 0. The maximum absolute atomic E-state index is 12.1. The smallest absolute Gasteiger partial charge is 0.222 e. The summed E-state index contributed by atoms with van der Waals surface area (Å²) in [6.07, 6.45) is 1.30. The highest BCUT2D eigenvalue weighted by molar-refractivity contribution is 7.99. The molecule has 0 aromatic heterocycles. The molecule has 0 radical (unpaired) electrons. The highest BCUT2D eigenvalue weighted by Crippen LogP contribution is 2.37. The average Bonchev–Trinajstić information content (AvgIpc) is 2.39. The second kappa shape index (κ2) is 6.83. The molecule has 1 aromatic rings. The Labute approximate surface area is 129 Å². The molecule has 1 aliphatic heterocycles. The van der Waals surface area contributed by atoms with Crippen LogP contribution in [0.5, 0.6) is 0 Å². The number of carbonyl (C=O) groups excluding carboxylic acids is 1. The molecule has 20 heavy (non-hydrogen) atoms. The van der Waals surface area contributed by atoms with Gasteiger partial charge in [0, 0.05) is 28.1 Å². The molecular formula is C15H21ClN2OS. The molecule has 0 saturated heterocycles. The van der Waals surface area contributed by atoms with Crippen LogP contribution in [0.4, 0.5) is 0 Å². The number of halogens is 1. The number of rotatable bonds is 4. The Morgan fingerprint density at radius 2 is 2.30 bits per heavy atom. The lowest BCUT2D eigenvalue weighted by atomic mass is 10.00. The number of benzene rings is 1. The average molecular weight is 313 g/mol. The van der Waals surface area contributed by atoms with E-state index in [1.165, 1.54) is 4.90 Å². The first-order valence-electron chi connectivity index (χ1n) is 6.94. The van der Waals surface area contributed by atoms with Gasteiger partial charge in [0.2, 0.25) is 5.91 Å². The van der Waals surface area contributed by atoms with Crippen molar-refractivity contribution in [3.63, 3.8) is 0 Å². The van der Waals surface area contributed by atoms with Gasteiger partial charge in [0.1, 0.15) is 0 Å². The van der Waals surface area contributed by atoms with Crippen molar-refractivity contribution in [2.24, 2.45) is 11.7 Å². The van der Waals surface area contributed by atoms with Crippen LogP contribution in [-0.2, 0) is 4.79 Å². The predicted molar refractivity (Wildman–Crippen MR) is 85.1 cm³/mol. The molecule has 2 unspecified atom stereocenters. The molecule has 1 aromatic carbocycles. The number of carbonyl (C=O) groups is 1. The first-order chi connectivity index (χ1) is 9.47. The summed E-state index contributed by atoms with van der Waals surface area (Å²) in [4.78, 5) is 13.3. The SMILES string of the molecule is CC(C)C(N)CC(=O)NC1CCSc2ccc(Cl)cc21.